The quantitative estimate of drug-likeness (QED) is 0.446. The molecule has 2 amide bonds. The van der Waals surface area contributed by atoms with E-state index in [1.807, 2.05) is 18.2 Å². The zero-order valence-electron chi connectivity index (χ0n) is 19.7. The summed E-state index contributed by atoms with van der Waals surface area (Å²) in [5, 5.41) is 2.88. The normalized spacial score (nSPS) is 14.4. The number of aryl methyl sites for hydroxylation is 1. The van der Waals surface area contributed by atoms with Gasteiger partial charge in [-0.1, -0.05) is 12.1 Å². The van der Waals surface area contributed by atoms with Crippen molar-refractivity contribution in [1.82, 2.24) is 14.5 Å². The second kappa shape index (κ2) is 8.56. The smallest absolute Gasteiger partial charge is 0.265 e. The number of nitrogen functional groups attached to an aromatic ring is 1. The third-order valence-corrected chi connectivity index (χ3v) is 6.65. The molecule has 2 aliphatic rings. The van der Waals surface area contributed by atoms with Crippen molar-refractivity contribution < 1.29 is 19.1 Å². The second-order valence-corrected chi connectivity index (χ2v) is 8.74. The van der Waals surface area contributed by atoms with E-state index in [2.05, 4.69) is 19.9 Å². The van der Waals surface area contributed by atoms with Gasteiger partial charge in [0.25, 0.3) is 5.91 Å². The standard InChI is InChI=1S/C26H24N6O4/c1-35-21-11-15(32-18-7-4-5-16(18)24-25(32)26(27)29-14-28-24)9-10-17(21)30-22(33)12-31-19-6-2-3-8-20(19)36-13-23(31)34/h2-3,6,8-11,14H,4-5,7,12-13H2,1H3,(H,30,33)(H2,27,28,29). The van der Waals surface area contributed by atoms with Crippen LogP contribution in [0.25, 0.3) is 16.7 Å². The molecule has 3 heterocycles. The minimum atomic E-state index is -0.351. The van der Waals surface area contributed by atoms with E-state index in [4.69, 9.17) is 15.2 Å². The lowest BCUT2D eigenvalue weighted by molar-refractivity contribution is -0.123. The van der Waals surface area contributed by atoms with Crippen molar-refractivity contribution in [1.29, 1.82) is 0 Å². The van der Waals surface area contributed by atoms with Crippen molar-refractivity contribution in [2.45, 2.75) is 19.3 Å². The number of benzene rings is 2. The van der Waals surface area contributed by atoms with Crippen LogP contribution in [0.3, 0.4) is 0 Å². The molecule has 6 rings (SSSR count). The Hall–Kier alpha value is -4.60. The number of nitrogens with zero attached hydrogens (tertiary/aromatic N) is 4. The van der Waals surface area contributed by atoms with Crippen LogP contribution in [0.2, 0.25) is 0 Å². The van der Waals surface area contributed by atoms with E-state index >= 15 is 0 Å². The number of anilines is 3. The van der Waals surface area contributed by atoms with Gasteiger partial charge in [0, 0.05) is 17.4 Å². The monoisotopic (exact) mass is 484 g/mol. The van der Waals surface area contributed by atoms with E-state index in [1.165, 1.54) is 22.5 Å². The molecular formula is C26H24N6O4. The molecule has 36 heavy (non-hydrogen) atoms. The molecular weight excluding hydrogens is 460 g/mol. The average Bonchev–Trinajstić information content (AvgIpc) is 3.48. The molecule has 0 radical (unpaired) electrons. The van der Waals surface area contributed by atoms with Gasteiger partial charge in [0.15, 0.2) is 12.4 Å². The first-order chi connectivity index (χ1) is 17.5. The number of methoxy groups -OCH3 is 1. The number of carbonyl (C=O) groups excluding carboxylic acids is 2. The van der Waals surface area contributed by atoms with Gasteiger partial charge in [-0.05, 0) is 49.1 Å². The van der Waals surface area contributed by atoms with Crippen LogP contribution >= 0.6 is 0 Å². The molecule has 2 aromatic carbocycles. The van der Waals surface area contributed by atoms with Crippen LogP contribution in [0.15, 0.2) is 48.8 Å². The highest BCUT2D eigenvalue weighted by molar-refractivity contribution is 6.05. The fourth-order valence-corrected chi connectivity index (χ4v) is 5.07. The van der Waals surface area contributed by atoms with Crippen molar-refractivity contribution in [2.75, 3.05) is 36.2 Å². The summed E-state index contributed by atoms with van der Waals surface area (Å²) < 4.78 is 13.2. The predicted molar refractivity (Wildman–Crippen MR) is 135 cm³/mol. The fourth-order valence-electron chi connectivity index (χ4n) is 5.07. The molecule has 0 spiro atoms. The topological polar surface area (TPSA) is 125 Å². The molecule has 0 bridgehead atoms. The maximum absolute atomic E-state index is 13.0. The van der Waals surface area contributed by atoms with Gasteiger partial charge >= 0.3 is 0 Å². The number of nitrogens with two attached hydrogens (primary N) is 1. The van der Waals surface area contributed by atoms with Gasteiger partial charge in [-0.2, -0.15) is 0 Å². The first-order valence-corrected chi connectivity index (χ1v) is 11.7. The van der Waals surface area contributed by atoms with Crippen LogP contribution in [0.4, 0.5) is 17.2 Å². The van der Waals surface area contributed by atoms with Gasteiger partial charge < -0.3 is 25.1 Å². The van der Waals surface area contributed by atoms with Gasteiger partial charge in [0.1, 0.15) is 29.9 Å². The van der Waals surface area contributed by atoms with Crippen LogP contribution in [-0.2, 0) is 22.4 Å². The highest BCUT2D eigenvalue weighted by atomic mass is 16.5. The maximum Gasteiger partial charge on any atom is 0.265 e. The molecule has 182 valence electrons. The third-order valence-electron chi connectivity index (χ3n) is 6.65. The lowest BCUT2D eigenvalue weighted by atomic mass is 10.2. The summed E-state index contributed by atoms with van der Waals surface area (Å²) in [6, 6.07) is 12.7. The van der Waals surface area contributed by atoms with E-state index in [0.29, 0.717) is 28.7 Å². The molecule has 0 atom stereocenters. The number of hydrogen-bond acceptors (Lipinski definition) is 7. The maximum atomic E-state index is 13.0. The Bertz CT molecular complexity index is 1530. The molecule has 0 saturated heterocycles. The second-order valence-electron chi connectivity index (χ2n) is 8.74. The summed E-state index contributed by atoms with van der Waals surface area (Å²) in [6.45, 7) is -0.252. The van der Waals surface area contributed by atoms with Gasteiger partial charge in [-0.15, -0.1) is 0 Å². The Morgan fingerprint density at radius 1 is 1.19 bits per heavy atom. The number of amides is 2. The first-order valence-electron chi connectivity index (χ1n) is 11.7. The molecule has 10 heteroatoms. The average molecular weight is 485 g/mol. The van der Waals surface area contributed by atoms with Crippen LogP contribution in [0.5, 0.6) is 11.5 Å². The van der Waals surface area contributed by atoms with E-state index in [0.717, 1.165) is 36.0 Å². The lowest BCUT2D eigenvalue weighted by Crippen LogP contribution is -2.43. The minimum absolute atomic E-state index is 0.107. The van der Waals surface area contributed by atoms with E-state index in [-0.39, 0.29) is 25.0 Å². The van der Waals surface area contributed by atoms with Crippen molar-refractivity contribution >= 4 is 40.0 Å². The van der Waals surface area contributed by atoms with Crippen molar-refractivity contribution in [2.24, 2.45) is 0 Å². The molecule has 0 saturated carbocycles. The zero-order valence-corrected chi connectivity index (χ0v) is 19.7. The molecule has 1 aliphatic carbocycles. The number of carbonyl (C=O) groups is 2. The molecule has 0 fully saturated rings. The Balaban J connectivity index is 1.30. The predicted octanol–water partition coefficient (Wildman–Crippen LogP) is 2.86. The number of para-hydroxylation sites is 2. The molecule has 3 N–H and O–H groups in total. The fraction of sp³-hybridized carbons (Fsp3) is 0.231. The van der Waals surface area contributed by atoms with Crippen LogP contribution < -0.4 is 25.4 Å². The number of aromatic nitrogens is 3. The number of rotatable bonds is 5. The Morgan fingerprint density at radius 3 is 2.92 bits per heavy atom. The highest BCUT2D eigenvalue weighted by Crippen LogP contribution is 2.38. The van der Waals surface area contributed by atoms with Gasteiger partial charge in [0.2, 0.25) is 5.91 Å². The minimum Gasteiger partial charge on any atom is -0.494 e. The Kier molecular flexibility index (Phi) is 5.21. The summed E-state index contributed by atoms with van der Waals surface area (Å²) in [5.41, 5.74) is 12.2. The third kappa shape index (κ3) is 3.49. The molecule has 4 aromatic rings. The largest absolute Gasteiger partial charge is 0.494 e. The zero-order chi connectivity index (χ0) is 24.8. The molecule has 1 aliphatic heterocycles. The number of ether oxygens (including phenoxy) is 2. The lowest BCUT2D eigenvalue weighted by Gasteiger charge is -2.28. The molecule has 10 nitrogen and oxygen atoms in total. The molecule has 2 aromatic heterocycles. The van der Waals surface area contributed by atoms with Crippen molar-refractivity contribution in [3.05, 3.63) is 60.0 Å². The van der Waals surface area contributed by atoms with Crippen LogP contribution in [0.1, 0.15) is 17.7 Å². The SMILES string of the molecule is COc1cc(-n2c3c(c4ncnc(N)c42)CCC3)ccc1NC(=O)CN1C(=O)COc2ccccc21. The summed E-state index contributed by atoms with van der Waals surface area (Å²) in [7, 11) is 1.55. The Labute approximate surface area is 206 Å². The highest BCUT2D eigenvalue weighted by Gasteiger charge is 2.28. The number of fused-ring (bicyclic) bond motifs is 4. The van der Waals surface area contributed by atoms with Crippen molar-refractivity contribution in [3.63, 3.8) is 0 Å². The molecule has 0 unspecified atom stereocenters. The summed E-state index contributed by atoms with van der Waals surface area (Å²) >= 11 is 0. The summed E-state index contributed by atoms with van der Waals surface area (Å²) in [6.07, 6.45) is 4.42. The number of nitrogens with one attached hydrogen (secondary N) is 1. The summed E-state index contributed by atoms with van der Waals surface area (Å²) in [5.74, 6) is 0.844. The first kappa shape index (κ1) is 21.9. The van der Waals surface area contributed by atoms with E-state index < -0.39 is 0 Å². The van der Waals surface area contributed by atoms with Gasteiger partial charge in [-0.25, -0.2) is 9.97 Å². The van der Waals surface area contributed by atoms with Gasteiger partial charge in [0.05, 0.1) is 24.0 Å². The number of hydrogen-bond donors (Lipinski definition) is 2. The van der Waals surface area contributed by atoms with Gasteiger partial charge in [-0.3, -0.25) is 14.5 Å². The van der Waals surface area contributed by atoms with E-state index in [9.17, 15) is 9.59 Å². The van der Waals surface area contributed by atoms with Crippen LogP contribution in [-0.4, -0.2) is 46.6 Å². The van der Waals surface area contributed by atoms with E-state index in [1.54, 1.807) is 31.4 Å². The Morgan fingerprint density at radius 2 is 2.06 bits per heavy atom. The van der Waals surface area contributed by atoms with Crippen molar-refractivity contribution in [3.8, 4) is 17.2 Å². The van der Waals surface area contributed by atoms with Crippen LogP contribution in [0, 0.1) is 0 Å². The summed E-state index contributed by atoms with van der Waals surface area (Å²) in [4.78, 5) is 35.5.